The molecule has 0 atom stereocenters. The SMILES string of the molecule is Cc1c(CN2CCN(c3cc4c(cc3F)c(=O)c(C(=O)O)cn4-c3ccc(F)cc3)CC2)n(C)c2ccccc12. The number of anilines is 1. The number of benzene rings is 3. The fourth-order valence-electron chi connectivity index (χ4n) is 5.76. The minimum Gasteiger partial charge on any atom is -0.477 e. The van der Waals surface area contributed by atoms with Crippen molar-refractivity contribution in [3.8, 4) is 5.69 Å². The number of hydrogen-bond acceptors (Lipinski definition) is 4. The smallest absolute Gasteiger partial charge is 0.341 e. The molecule has 40 heavy (non-hydrogen) atoms. The molecule has 5 aromatic rings. The van der Waals surface area contributed by atoms with Crippen LogP contribution < -0.4 is 10.3 Å². The molecule has 0 amide bonds. The third kappa shape index (κ3) is 4.32. The molecule has 0 spiro atoms. The van der Waals surface area contributed by atoms with Crippen LogP contribution in [0.1, 0.15) is 21.6 Å². The maximum absolute atomic E-state index is 15.5. The number of pyridine rings is 1. The number of carboxylic acid groups (broad SMARTS) is 1. The fraction of sp³-hybridized carbons (Fsp3) is 0.226. The van der Waals surface area contributed by atoms with Gasteiger partial charge in [-0.2, -0.15) is 0 Å². The van der Waals surface area contributed by atoms with Gasteiger partial charge < -0.3 is 19.1 Å². The lowest BCUT2D eigenvalue weighted by Gasteiger charge is -2.36. The molecule has 1 saturated heterocycles. The number of aromatic carboxylic acids is 1. The van der Waals surface area contributed by atoms with Crippen molar-refractivity contribution in [1.82, 2.24) is 14.0 Å². The van der Waals surface area contributed by atoms with Crippen LogP contribution in [0.2, 0.25) is 0 Å². The van der Waals surface area contributed by atoms with Crippen molar-refractivity contribution >= 4 is 33.5 Å². The molecule has 0 radical (unpaired) electrons. The van der Waals surface area contributed by atoms with E-state index in [0.29, 0.717) is 30.0 Å². The molecule has 1 aliphatic heterocycles. The number of rotatable bonds is 5. The highest BCUT2D eigenvalue weighted by molar-refractivity contribution is 5.94. The van der Waals surface area contributed by atoms with E-state index in [1.165, 1.54) is 57.2 Å². The monoisotopic (exact) mass is 542 g/mol. The zero-order chi connectivity index (χ0) is 28.1. The molecule has 1 aliphatic rings. The summed E-state index contributed by atoms with van der Waals surface area (Å²) in [7, 11) is 2.09. The predicted molar refractivity (Wildman–Crippen MR) is 152 cm³/mol. The zero-order valence-corrected chi connectivity index (χ0v) is 22.2. The molecule has 2 aromatic heterocycles. The summed E-state index contributed by atoms with van der Waals surface area (Å²) >= 11 is 0. The van der Waals surface area contributed by atoms with Crippen LogP contribution in [0.5, 0.6) is 0 Å². The second-order valence-electron chi connectivity index (χ2n) is 10.3. The molecule has 204 valence electrons. The van der Waals surface area contributed by atoms with Crippen LogP contribution in [-0.4, -0.2) is 51.3 Å². The Hall–Kier alpha value is -4.50. The van der Waals surface area contributed by atoms with Crippen molar-refractivity contribution in [2.75, 3.05) is 31.1 Å². The summed E-state index contributed by atoms with van der Waals surface area (Å²) in [5, 5.41) is 10.8. The summed E-state index contributed by atoms with van der Waals surface area (Å²) < 4.78 is 32.8. The topological polar surface area (TPSA) is 70.7 Å². The predicted octanol–water partition coefficient (Wildman–Crippen LogP) is 5.09. The molecule has 1 fully saturated rings. The zero-order valence-electron chi connectivity index (χ0n) is 22.2. The fourth-order valence-corrected chi connectivity index (χ4v) is 5.76. The maximum Gasteiger partial charge on any atom is 0.341 e. The Bertz CT molecular complexity index is 1800. The lowest BCUT2D eigenvalue weighted by Crippen LogP contribution is -2.46. The van der Waals surface area contributed by atoms with Crippen LogP contribution in [0.3, 0.4) is 0 Å². The quantitative estimate of drug-likeness (QED) is 0.335. The molecular weight excluding hydrogens is 514 g/mol. The van der Waals surface area contributed by atoms with Crippen LogP contribution in [0.4, 0.5) is 14.5 Å². The van der Waals surface area contributed by atoms with Crippen LogP contribution >= 0.6 is 0 Å². The minimum atomic E-state index is -1.41. The standard InChI is InChI=1S/C31H28F2N4O3/c1-19-22-5-3-4-6-26(22)34(2)29(19)18-35-11-13-36(14-12-35)28-16-27-23(15-25(28)33)30(38)24(31(39)40)17-37(27)21-9-7-20(32)8-10-21/h3-10,15-17H,11-14,18H2,1-2H3,(H,39,40). The van der Waals surface area contributed by atoms with Crippen molar-refractivity contribution in [3.05, 3.63) is 106 Å². The Labute approximate surface area is 229 Å². The van der Waals surface area contributed by atoms with E-state index in [9.17, 15) is 19.1 Å². The van der Waals surface area contributed by atoms with E-state index in [-0.39, 0.29) is 5.39 Å². The van der Waals surface area contributed by atoms with Gasteiger partial charge in [-0.1, -0.05) is 18.2 Å². The van der Waals surface area contributed by atoms with Gasteiger partial charge in [-0.05, 0) is 55.0 Å². The summed E-state index contributed by atoms with van der Waals surface area (Å²) in [5.74, 6) is -2.45. The van der Waals surface area contributed by atoms with Crippen molar-refractivity contribution in [3.63, 3.8) is 0 Å². The molecular formula is C31H28F2N4O3. The van der Waals surface area contributed by atoms with Gasteiger partial charge >= 0.3 is 5.97 Å². The number of halogens is 2. The van der Waals surface area contributed by atoms with E-state index in [0.717, 1.165) is 25.7 Å². The van der Waals surface area contributed by atoms with Gasteiger partial charge in [-0.15, -0.1) is 0 Å². The van der Waals surface area contributed by atoms with Gasteiger partial charge in [-0.25, -0.2) is 13.6 Å². The summed E-state index contributed by atoms with van der Waals surface area (Å²) in [6.45, 7) is 5.54. The van der Waals surface area contributed by atoms with Gasteiger partial charge in [0.25, 0.3) is 0 Å². The van der Waals surface area contributed by atoms with Gasteiger partial charge in [0.15, 0.2) is 0 Å². The molecule has 7 nitrogen and oxygen atoms in total. The van der Waals surface area contributed by atoms with E-state index < -0.39 is 28.6 Å². The van der Waals surface area contributed by atoms with Gasteiger partial charge in [0.2, 0.25) is 5.43 Å². The number of piperazine rings is 1. The summed E-state index contributed by atoms with van der Waals surface area (Å²) in [5.41, 5.74) is 3.62. The Morgan fingerprint density at radius 1 is 0.925 bits per heavy atom. The summed E-state index contributed by atoms with van der Waals surface area (Å²) in [6, 6.07) is 16.5. The number of aryl methyl sites for hydroxylation is 2. The van der Waals surface area contributed by atoms with Gasteiger partial charge in [-0.3, -0.25) is 9.69 Å². The van der Waals surface area contributed by atoms with Crippen LogP contribution in [0.15, 0.2) is 71.7 Å². The average molecular weight is 543 g/mol. The molecule has 3 aromatic carbocycles. The number of carboxylic acids is 1. The number of aromatic nitrogens is 2. The summed E-state index contributed by atoms with van der Waals surface area (Å²) in [4.78, 5) is 29.0. The molecule has 9 heteroatoms. The Morgan fingerprint density at radius 2 is 1.62 bits per heavy atom. The van der Waals surface area contributed by atoms with E-state index in [4.69, 9.17) is 0 Å². The molecule has 3 heterocycles. The third-order valence-corrected chi connectivity index (χ3v) is 8.00. The molecule has 1 N–H and O–H groups in total. The van der Waals surface area contributed by atoms with Crippen LogP contribution in [0, 0.1) is 18.6 Å². The van der Waals surface area contributed by atoms with E-state index >= 15 is 4.39 Å². The highest BCUT2D eigenvalue weighted by Crippen LogP contribution is 2.29. The van der Waals surface area contributed by atoms with Crippen LogP contribution in [0.25, 0.3) is 27.5 Å². The highest BCUT2D eigenvalue weighted by Gasteiger charge is 2.24. The van der Waals surface area contributed by atoms with E-state index in [2.05, 4.69) is 35.6 Å². The minimum absolute atomic E-state index is 0.0460. The largest absolute Gasteiger partial charge is 0.477 e. The van der Waals surface area contributed by atoms with Gasteiger partial charge in [0.05, 0.1) is 11.2 Å². The van der Waals surface area contributed by atoms with Crippen LogP contribution in [-0.2, 0) is 13.6 Å². The second kappa shape index (κ2) is 9.91. The van der Waals surface area contributed by atoms with Crippen molar-refractivity contribution in [2.24, 2.45) is 7.05 Å². The van der Waals surface area contributed by atoms with Crippen molar-refractivity contribution < 1.29 is 18.7 Å². The summed E-state index contributed by atoms with van der Waals surface area (Å²) in [6.07, 6.45) is 1.21. The first-order chi connectivity index (χ1) is 19.2. The first-order valence-corrected chi connectivity index (χ1v) is 13.1. The number of fused-ring (bicyclic) bond motifs is 2. The Balaban J connectivity index is 1.32. The number of nitrogens with zero attached hydrogens (tertiary/aromatic N) is 4. The van der Waals surface area contributed by atoms with Crippen molar-refractivity contribution in [1.29, 1.82) is 0 Å². The Kier molecular flexibility index (Phi) is 6.38. The molecule has 0 unspecified atom stereocenters. The normalized spacial score (nSPS) is 14.3. The first-order valence-electron chi connectivity index (χ1n) is 13.1. The van der Waals surface area contributed by atoms with Gasteiger partial charge in [0, 0.05) is 73.6 Å². The average Bonchev–Trinajstić information content (AvgIpc) is 3.19. The lowest BCUT2D eigenvalue weighted by molar-refractivity contribution is 0.0695. The first kappa shape index (κ1) is 25.8. The second-order valence-corrected chi connectivity index (χ2v) is 10.3. The highest BCUT2D eigenvalue weighted by atomic mass is 19.1. The maximum atomic E-state index is 15.5. The molecule has 0 bridgehead atoms. The molecule has 6 rings (SSSR count). The number of para-hydroxylation sites is 1. The molecule has 0 aliphatic carbocycles. The molecule has 0 saturated carbocycles. The van der Waals surface area contributed by atoms with Gasteiger partial charge in [0.1, 0.15) is 17.2 Å². The lowest BCUT2D eigenvalue weighted by atomic mass is 10.1. The van der Waals surface area contributed by atoms with E-state index in [1.807, 2.05) is 17.0 Å². The van der Waals surface area contributed by atoms with E-state index in [1.54, 1.807) is 6.07 Å². The van der Waals surface area contributed by atoms with Crippen molar-refractivity contribution in [2.45, 2.75) is 13.5 Å². The number of hydrogen-bond donors (Lipinski definition) is 1. The third-order valence-electron chi connectivity index (χ3n) is 8.00. The Morgan fingerprint density at radius 3 is 2.30 bits per heavy atom. The number of carbonyl (C=O) groups is 1.